The molecule has 102 valence electrons. The average Bonchev–Trinajstić information content (AvgIpc) is 2.77. The van der Waals surface area contributed by atoms with E-state index in [1.807, 2.05) is 0 Å². The molecule has 0 radical (unpaired) electrons. The van der Waals surface area contributed by atoms with Gasteiger partial charge in [-0.25, -0.2) is 8.42 Å². The van der Waals surface area contributed by atoms with Gasteiger partial charge in [-0.05, 0) is 40.4 Å². The summed E-state index contributed by atoms with van der Waals surface area (Å²) in [5.74, 6) is 0.261. The molecular weight excluding hydrogens is 336 g/mol. The first kappa shape index (κ1) is 14.5. The molecule has 1 fully saturated rings. The van der Waals surface area contributed by atoms with Gasteiger partial charge in [0.1, 0.15) is 4.21 Å². The fourth-order valence-corrected chi connectivity index (χ4v) is 5.91. The molecule has 7 heteroatoms. The first-order chi connectivity index (χ1) is 8.45. The summed E-state index contributed by atoms with van der Waals surface area (Å²) in [6, 6.07) is 3.54. The Morgan fingerprint density at radius 2 is 2.28 bits per heavy atom. The second kappa shape index (κ2) is 5.58. The number of sulfonamides is 1. The van der Waals surface area contributed by atoms with E-state index >= 15 is 0 Å². The van der Waals surface area contributed by atoms with Gasteiger partial charge in [0, 0.05) is 19.1 Å². The van der Waals surface area contributed by atoms with E-state index in [0.717, 1.165) is 16.6 Å². The Morgan fingerprint density at radius 3 is 2.83 bits per heavy atom. The highest BCUT2D eigenvalue weighted by Crippen LogP contribution is 2.31. The van der Waals surface area contributed by atoms with E-state index in [-0.39, 0.29) is 12.0 Å². The minimum atomic E-state index is -3.34. The number of piperidine rings is 1. The van der Waals surface area contributed by atoms with E-state index in [4.69, 9.17) is 5.73 Å². The van der Waals surface area contributed by atoms with E-state index in [1.54, 1.807) is 16.4 Å². The molecule has 2 N–H and O–H groups in total. The molecule has 2 rings (SSSR count). The van der Waals surface area contributed by atoms with Crippen LogP contribution < -0.4 is 5.73 Å². The van der Waals surface area contributed by atoms with E-state index in [1.165, 1.54) is 11.3 Å². The number of halogens is 1. The fourth-order valence-electron chi connectivity index (χ4n) is 2.23. The molecule has 4 nitrogen and oxygen atoms in total. The number of hydrogen-bond donors (Lipinski definition) is 1. The molecule has 0 saturated carbocycles. The monoisotopic (exact) mass is 352 g/mol. The summed E-state index contributed by atoms with van der Waals surface area (Å²) in [6.07, 6.45) is 1.66. The van der Waals surface area contributed by atoms with Crippen LogP contribution in [0.5, 0.6) is 0 Å². The zero-order valence-electron chi connectivity index (χ0n) is 10.2. The van der Waals surface area contributed by atoms with E-state index in [0.29, 0.717) is 17.3 Å². The molecule has 1 aromatic heterocycles. The topological polar surface area (TPSA) is 63.4 Å². The second-order valence-corrected chi connectivity index (χ2v) is 9.17. The maximum atomic E-state index is 12.4. The summed E-state index contributed by atoms with van der Waals surface area (Å²) in [5, 5.41) is 0. The number of thiophene rings is 1. The van der Waals surface area contributed by atoms with Gasteiger partial charge in [-0.2, -0.15) is 4.31 Å². The number of nitrogens with zero attached hydrogens (tertiary/aromatic N) is 1. The predicted octanol–water partition coefficient (Wildman–Crippen LogP) is 2.26. The van der Waals surface area contributed by atoms with Crippen molar-refractivity contribution < 1.29 is 8.42 Å². The van der Waals surface area contributed by atoms with Gasteiger partial charge in [0.15, 0.2) is 0 Å². The van der Waals surface area contributed by atoms with Crippen molar-refractivity contribution in [2.45, 2.75) is 30.0 Å². The Kier molecular flexibility index (Phi) is 4.48. The van der Waals surface area contributed by atoms with Crippen LogP contribution in [0.3, 0.4) is 0 Å². The molecule has 1 saturated heterocycles. The quantitative estimate of drug-likeness (QED) is 0.907. The van der Waals surface area contributed by atoms with Crippen molar-refractivity contribution in [3.63, 3.8) is 0 Å². The van der Waals surface area contributed by atoms with Crippen molar-refractivity contribution in [3.8, 4) is 0 Å². The Bertz CT molecular complexity index is 515. The molecule has 18 heavy (non-hydrogen) atoms. The van der Waals surface area contributed by atoms with Crippen LogP contribution in [0.1, 0.15) is 19.8 Å². The molecule has 1 aromatic rings. The van der Waals surface area contributed by atoms with Gasteiger partial charge in [0.05, 0.1) is 3.79 Å². The van der Waals surface area contributed by atoms with Crippen LogP contribution in [0.2, 0.25) is 0 Å². The lowest BCUT2D eigenvalue weighted by atomic mass is 9.92. The van der Waals surface area contributed by atoms with Gasteiger partial charge in [0.2, 0.25) is 0 Å². The lowest BCUT2D eigenvalue weighted by Crippen LogP contribution is -2.48. The van der Waals surface area contributed by atoms with Gasteiger partial charge >= 0.3 is 0 Å². The normalized spacial score (nSPS) is 26.4. The minimum absolute atomic E-state index is 0.122. The van der Waals surface area contributed by atoms with Gasteiger partial charge in [-0.3, -0.25) is 0 Å². The van der Waals surface area contributed by atoms with Crippen LogP contribution >= 0.6 is 27.3 Å². The third-order valence-corrected chi connectivity index (χ3v) is 7.38. The number of hydrogen-bond acceptors (Lipinski definition) is 4. The maximum absolute atomic E-state index is 12.4. The summed E-state index contributed by atoms with van der Waals surface area (Å²) in [6.45, 7) is 3.12. The molecule has 0 aliphatic carbocycles. The molecular formula is C11H17BrN2O2S2. The largest absolute Gasteiger partial charge is 0.327 e. The van der Waals surface area contributed by atoms with Crippen LogP contribution in [0.4, 0.5) is 0 Å². The molecule has 2 unspecified atom stereocenters. The van der Waals surface area contributed by atoms with Gasteiger partial charge in [-0.15, -0.1) is 11.3 Å². The summed E-state index contributed by atoms with van der Waals surface area (Å²) in [7, 11) is -3.34. The highest BCUT2D eigenvalue weighted by molar-refractivity contribution is 9.11. The lowest BCUT2D eigenvalue weighted by molar-refractivity contribution is 0.231. The van der Waals surface area contributed by atoms with Crippen LogP contribution in [0, 0.1) is 5.92 Å². The first-order valence-corrected chi connectivity index (χ1v) is 9.01. The average molecular weight is 353 g/mol. The van der Waals surface area contributed by atoms with E-state index in [2.05, 4.69) is 22.9 Å². The predicted molar refractivity (Wildman–Crippen MR) is 77.2 cm³/mol. The van der Waals surface area contributed by atoms with Crippen LogP contribution in [0.15, 0.2) is 20.1 Å². The van der Waals surface area contributed by atoms with Crippen LogP contribution in [-0.2, 0) is 10.0 Å². The Labute approximate surface area is 120 Å². The second-order valence-electron chi connectivity index (χ2n) is 4.54. The van der Waals surface area contributed by atoms with Crippen molar-refractivity contribution in [3.05, 3.63) is 15.9 Å². The SMILES string of the molecule is CCC1CN(S(=O)(=O)c2ccc(Br)s2)CCC1N. The Morgan fingerprint density at radius 1 is 1.56 bits per heavy atom. The summed E-state index contributed by atoms with van der Waals surface area (Å²) >= 11 is 4.55. The zero-order valence-corrected chi connectivity index (χ0v) is 13.4. The van der Waals surface area contributed by atoms with Gasteiger partial charge in [0.25, 0.3) is 10.0 Å². The Hall–Kier alpha value is 0.0500. The number of rotatable bonds is 3. The van der Waals surface area contributed by atoms with Crippen LogP contribution in [0.25, 0.3) is 0 Å². The van der Waals surface area contributed by atoms with Crippen LogP contribution in [-0.4, -0.2) is 31.9 Å². The van der Waals surface area contributed by atoms with E-state index in [9.17, 15) is 8.42 Å². The maximum Gasteiger partial charge on any atom is 0.252 e. The van der Waals surface area contributed by atoms with Crippen molar-refractivity contribution in [1.82, 2.24) is 4.31 Å². The van der Waals surface area contributed by atoms with Crippen molar-refractivity contribution >= 4 is 37.3 Å². The molecule has 0 spiro atoms. The Balaban J connectivity index is 2.21. The molecule has 1 aliphatic heterocycles. The van der Waals surface area contributed by atoms with Gasteiger partial charge < -0.3 is 5.73 Å². The standard InChI is InChI=1S/C11H17BrN2O2S2/c1-2-8-7-14(6-5-9(8)13)18(15,16)11-4-3-10(12)17-11/h3-4,8-9H,2,5-7,13H2,1H3. The molecule has 0 bridgehead atoms. The lowest BCUT2D eigenvalue weighted by Gasteiger charge is -2.35. The fraction of sp³-hybridized carbons (Fsp3) is 0.636. The third-order valence-electron chi connectivity index (χ3n) is 3.42. The molecule has 1 aliphatic rings. The van der Waals surface area contributed by atoms with Crippen molar-refractivity contribution in [1.29, 1.82) is 0 Å². The summed E-state index contributed by atoms with van der Waals surface area (Å²) < 4.78 is 27.7. The summed E-state index contributed by atoms with van der Waals surface area (Å²) in [4.78, 5) is 0. The number of nitrogens with two attached hydrogens (primary N) is 1. The first-order valence-electron chi connectivity index (χ1n) is 5.96. The molecule has 2 heterocycles. The molecule has 0 aromatic carbocycles. The highest BCUT2D eigenvalue weighted by Gasteiger charge is 2.33. The zero-order chi connectivity index (χ0) is 13.3. The molecule has 2 atom stereocenters. The van der Waals surface area contributed by atoms with Gasteiger partial charge in [-0.1, -0.05) is 13.3 Å². The molecule has 0 amide bonds. The van der Waals surface area contributed by atoms with Crippen molar-refractivity contribution in [2.24, 2.45) is 11.7 Å². The third kappa shape index (κ3) is 2.80. The van der Waals surface area contributed by atoms with Crippen molar-refractivity contribution in [2.75, 3.05) is 13.1 Å². The smallest absolute Gasteiger partial charge is 0.252 e. The van der Waals surface area contributed by atoms with E-state index < -0.39 is 10.0 Å². The highest BCUT2D eigenvalue weighted by atomic mass is 79.9. The minimum Gasteiger partial charge on any atom is -0.327 e. The summed E-state index contributed by atoms with van der Waals surface area (Å²) in [5.41, 5.74) is 6.01.